The average Bonchev–Trinajstić information content (AvgIpc) is 2.50. The molecular formula is C16H34O5. The lowest BCUT2D eigenvalue weighted by Gasteiger charge is -2.06. The van der Waals surface area contributed by atoms with Crippen molar-refractivity contribution in [2.45, 2.75) is 51.4 Å². The highest BCUT2D eigenvalue weighted by Gasteiger charge is 1.94. The molecule has 0 aliphatic heterocycles. The van der Waals surface area contributed by atoms with Crippen LogP contribution < -0.4 is 0 Å². The molecule has 0 aromatic heterocycles. The molecule has 0 saturated carbocycles. The summed E-state index contributed by atoms with van der Waals surface area (Å²) in [6.07, 6.45) is 7.68. The molecule has 21 heavy (non-hydrogen) atoms. The van der Waals surface area contributed by atoms with Gasteiger partial charge in [-0.2, -0.15) is 0 Å². The summed E-state index contributed by atoms with van der Waals surface area (Å²) in [4.78, 5) is 0. The van der Waals surface area contributed by atoms with Crippen LogP contribution in [-0.2, 0) is 14.2 Å². The first-order valence-corrected chi connectivity index (χ1v) is 8.36. The smallest absolute Gasteiger partial charge is 0.0466 e. The van der Waals surface area contributed by atoms with E-state index in [4.69, 9.17) is 24.4 Å². The number of unbranched alkanes of at least 4 members (excludes halogenated alkanes) is 4. The lowest BCUT2D eigenvalue weighted by molar-refractivity contribution is 0.0875. The lowest BCUT2D eigenvalue weighted by atomic mass is 10.3. The van der Waals surface area contributed by atoms with E-state index in [0.29, 0.717) is 0 Å². The van der Waals surface area contributed by atoms with Crippen LogP contribution in [0.4, 0.5) is 0 Å². The molecule has 0 aliphatic rings. The van der Waals surface area contributed by atoms with Crippen molar-refractivity contribution in [3.05, 3.63) is 0 Å². The molecule has 0 heterocycles. The van der Waals surface area contributed by atoms with Crippen molar-refractivity contribution in [3.8, 4) is 0 Å². The number of rotatable bonds is 18. The van der Waals surface area contributed by atoms with E-state index in [2.05, 4.69) is 0 Å². The molecule has 0 atom stereocenters. The summed E-state index contributed by atoms with van der Waals surface area (Å²) in [5.41, 5.74) is 0. The third-order valence-electron chi connectivity index (χ3n) is 3.05. The van der Waals surface area contributed by atoms with Gasteiger partial charge in [0, 0.05) is 52.9 Å². The van der Waals surface area contributed by atoms with E-state index >= 15 is 0 Å². The van der Waals surface area contributed by atoms with Gasteiger partial charge < -0.3 is 24.4 Å². The Bertz CT molecular complexity index is 160. The van der Waals surface area contributed by atoms with Crippen molar-refractivity contribution in [2.75, 3.05) is 52.9 Å². The van der Waals surface area contributed by atoms with Gasteiger partial charge in [0.25, 0.3) is 0 Å². The second kappa shape index (κ2) is 19.8. The standard InChI is InChI=1S/C16H34O5/c17-9-1-3-11-19-13-5-7-15-21-16-8-6-14-20-12-4-2-10-18/h17-18H,1-16H2. The Labute approximate surface area is 129 Å². The first-order valence-electron chi connectivity index (χ1n) is 8.36. The summed E-state index contributed by atoms with van der Waals surface area (Å²) < 4.78 is 16.4. The van der Waals surface area contributed by atoms with Crippen LogP contribution >= 0.6 is 0 Å². The monoisotopic (exact) mass is 306 g/mol. The number of aliphatic hydroxyl groups is 2. The van der Waals surface area contributed by atoms with Gasteiger partial charge in [0.1, 0.15) is 0 Å². The highest BCUT2D eigenvalue weighted by Crippen LogP contribution is 1.97. The Hall–Kier alpha value is -0.200. The molecule has 5 heteroatoms. The summed E-state index contributed by atoms with van der Waals surface area (Å²) in [5.74, 6) is 0. The van der Waals surface area contributed by atoms with Crippen LogP contribution in [0.3, 0.4) is 0 Å². The van der Waals surface area contributed by atoms with Crippen LogP contribution in [0, 0.1) is 0 Å². The number of ether oxygens (including phenoxy) is 3. The van der Waals surface area contributed by atoms with Gasteiger partial charge in [-0.15, -0.1) is 0 Å². The normalized spacial score (nSPS) is 11.1. The first-order chi connectivity index (χ1) is 10.4. The Balaban J connectivity index is 2.90. The summed E-state index contributed by atoms with van der Waals surface area (Å²) in [5, 5.41) is 17.2. The fraction of sp³-hybridized carbons (Fsp3) is 1.00. The SMILES string of the molecule is OCCCCOCCCCOCCCCOCCCCO. The van der Waals surface area contributed by atoms with Crippen molar-refractivity contribution in [2.24, 2.45) is 0 Å². The molecule has 0 rings (SSSR count). The minimum Gasteiger partial charge on any atom is -0.396 e. The minimum absolute atomic E-state index is 0.255. The number of aliphatic hydroxyl groups excluding tert-OH is 2. The predicted molar refractivity (Wildman–Crippen MR) is 83.6 cm³/mol. The van der Waals surface area contributed by atoms with E-state index in [-0.39, 0.29) is 13.2 Å². The van der Waals surface area contributed by atoms with E-state index in [1.807, 2.05) is 0 Å². The number of hydrogen-bond acceptors (Lipinski definition) is 5. The Morgan fingerprint density at radius 3 is 0.857 bits per heavy atom. The molecule has 0 aromatic rings. The largest absolute Gasteiger partial charge is 0.396 e. The van der Waals surface area contributed by atoms with Gasteiger partial charge in [-0.3, -0.25) is 0 Å². The zero-order valence-corrected chi connectivity index (χ0v) is 13.4. The molecule has 0 fully saturated rings. The summed E-state index contributed by atoms with van der Waals surface area (Å²) in [6, 6.07) is 0. The van der Waals surface area contributed by atoms with Crippen LogP contribution in [-0.4, -0.2) is 63.1 Å². The fourth-order valence-corrected chi connectivity index (χ4v) is 1.75. The van der Waals surface area contributed by atoms with Crippen molar-refractivity contribution in [1.82, 2.24) is 0 Å². The molecule has 2 N–H and O–H groups in total. The van der Waals surface area contributed by atoms with E-state index in [1.54, 1.807) is 0 Å². The molecule has 5 nitrogen and oxygen atoms in total. The zero-order valence-electron chi connectivity index (χ0n) is 13.4. The second-order valence-electron chi connectivity index (χ2n) is 5.11. The van der Waals surface area contributed by atoms with Crippen LogP contribution in [0.2, 0.25) is 0 Å². The van der Waals surface area contributed by atoms with Crippen molar-refractivity contribution in [1.29, 1.82) is 0 Å². The van der Waals surface area contributed by atoms with Crippen LogP contribution in [0.1, 0.15) is 51.4 Å². The van der Waals surface area contributed by atoms with Crippen LogP contribution in [0.25, 0.3) is 0 Å². The van der Waals surface area contributed by atoms with Gasteiger partial charge in [-0.25, -0.2) is 0 Å². The van der Waals surface area contributed by atoms with E-state index in [9.17, 15) is 0 Å². The van der Waals surface area contributed by atoms with Crippen LogP contribution in [0.5, 0.6) is 0 Å². The van der Waals surface area contributed by atoms with Gasteiger partial charge in [0.15, 0.2) is 0 Å². The minimum atomic E-state index is 0.255. The Morgan fingerprint density at radius 1 is 0.381 bits per heavy atom. The summed E-state index contributed by atoms with van der Waals surface area (Å²) in [7, 11) is 0. The quantitative estimate of drug-likeness (QED) is 0.380. The third kappa shape index (κ3) is 19.8. The lowest BCUT2D eigenvalue weighted by Crippen LogP contribution is -2.03. The molecule has 0 unspecified atom stereocenters. The predicted octanol–water partition coefficient (Wildman–Crippen LogP) is 2.14. The molecule has 0 saturated heterocycles. The topological polar surface area (TPSA) is 68.2 Å². The Kier molecular flexibility index (Phi) is 19.6. The van der Waals surface area contributed by atoms with Crippen molar-refractivity contribution < 1.29 is 24.4 Å². The average molecular weight is 306 g/mol. The van der Waals surface area contributed by atoms with E-state index in [1.165, 1.54) is 0 Å². The summed E-state index contributed by atoms with van der Waals surface area (Å²) >= 11 is 0. The molecule has 0 aromatic carbocycles. The molecule has 0 spiro atoms. The second-order valence-corrected chi connectivity index (χ2v) is 5.11. The molecular weight excluding hydrogens is 272 g/mol. The van der Waals surface area contributed by atoms with Gasteiger partial charge in [-0.1, -0.05) is 0 Å². The molecule has 0 amide bonds. The van der Waals surface area contributed by atoms with Gasteiger partial charge in [0.05, 0.1) is 0 Å². The highest BCUT2D eigenvalue weighted by molar-refractivity contribution is 4.43. The van der Waals surface area contributed by atoms with E-state index < -0.39 is 0 Å². The van der Waals surface area contributed by atoms with Crippen LogP contribution in [0.15, 0.2) is 0 Å². The van der Waals surface area contributed by atoms with Crippen molar-refractivity contribution >= 4 is 0 Å². The third-order valence-corrected chi connectivity index (χ3v) is 3.05. The maximum Gasteiger partial charge on any atom is 0.0466 e. The molecule has 0 radical (unpaired) electrons. The van der Waals surface area contributed by atoms with Gasteiger partial charge in [0.2, 0.25) is 0 Å². The maximum atomic E-state index is 8.60. The zero-order chi connectivity index (χ0) is 15.4. The molecule has 0 bridgehead atoms. The molecule has 128 valence electrons. The molecule has 0 aliphatic carbocycles. The first kappa shape index (κ1) is 20.8. The van der Waals surface area contributed by atoms with Gasteiger partial charge in [-0.05, 0) is 51.4 Å². The van der Waals surface area contributed by atoms with Gasteiger partial charge >= 0.3 is 0 Å². The van der Waals surface area contributed by atoms with Crippen molar-refractivity contribution in [3.63, 3.8) is 0 Å². The fourth-order valence-electron chi connectivity index (χ4n) is 1.75. The Morgan fingerprint density at radius 2 is 0.619 bits per heavy atom. The number of hydrogen-bond donors (Lipinski definition) is 2. The van der Waals surface area contributed by atoms with E-state index in [0.717, 1.165) is 91.0 Å². The maximum absolute atomic E-state index is 8.60. The highest BCUT2D eigenvalue weighted by atomic mass is 16.5. The summed E-state index contributed by atoms with van der Waals surface area (Å²) in [6.45, 7) is 5.19.